The Morgan fingerprint density at radius 3 is 2.94 bits per heavy atom. The molecule has 4 nitrogen and oxygen atoms in total. The first-order valence-electron chi connectivity index (χ1n) is 7.14. The zero-order valence-corrected chi connectivity index (χ0v) is 11.3. The molecule has 2 atom stereocenters. The highest BCUT2D eigenvalue weighted by Crippen LogP contribution is 2.41. The van der Waals surface area contributed by atoms with E-state index in [1.54, 1.807) is 0 Å². The first-order chi connectivity index (χ1) is 8.64. The van der Waals surface area contributed by atoms with Crippen LogP contribution in [0, 0.1) is 0 Å². The van der Waals surface area contributed by atoms with Gasteiger partial charge in [0.15, 0.2) is 0 Å². The smallest absolute Gasteiger partial charge is 0.120 e. The third-order valence-corrected chi connectivity index (χ3v) is 4.29. The Balaban J connectivity index is 1.83. The molecule has 18 heavy (non-hydrogen) atoms. The number of likely N-dealkylation sites (tertiary alicyclic amines) is 1. The van der Waals surface area contributed by atoms with Crippen LogP contribution in [0.1, 0.15) is 45.2 Å². The van der Waals surface area contributed by atoms with Crippen LogP contribution < -0.4 is 0 Å². The summed E-state index contributed by atoms with van der Waals surface area (Å²) in [6.45, 7) is 6.04. The summed E-state index contributed by atoms with van der Waals surface area (Å²) in [6.07, 6.45) is 6.29. The Morgan fingerprint density at radius 1 is 1.50 bits per heavy atom. The van der Waals surface area contributed by atoms with Gasteiger partial charge >= 0.3 is 0 Å². The highest BCUT2D eigenvalue weighted by Gasteiger charge is 2.48. The van der Waals surface area contributed by atoms with Crippen LogP contribution >= 0.6 is 0 Å². The summed E-state index contributed by atoms with van der Waals surface area (Å²) in [6, 6.07) is 3.18. The zero-order valence-electron chi connectivity index (χ0n) is 11.3. The lowest BCUT2D eigenvalue weighted by atomic mass is 9.96. The van der Waals surface area contributed by atoms with Crippen molar-refractivity contribution < 1.29 is 5.11 Å². The molecule has 1 aliphatic carbocycles. The van der Waals surface area contributed by atoms with Crippen LogP contribution in [-0.4, -0.2) is 38.4 Å². The molecule has 1 aliphatic heterocycles. The standard InChI is InChI=1S/C14H23N3O/c1-3-8-17-13(6-7-15-17)14(18)9-11(2)16(10-14)12-4-5-12/h6-7,11-12,18H,3-5,8-10H2,1-2H3. The number of nitrogens with zero attached hydrogens (tertiary/aromatic N) is 3. The second-order valence-corrected chi connectivity index (χ2v) is 5.93. The Kier molecular flexibility index (Phi) is 2.94. The van der Waals surface area contributed by atoms with E-state index in [9.17, 15) is 5.11 Å². The van der Waals surface area contributed by atoms with Gasteiger partial charge in [-0.05, 0) is 38.7 Å². The molecule has 3 rings (SSSR count). The molecule has 2 heterocycles. The summed E-state index contributed by atoms with van der Waals surface area (Å²) >= 11 is 0. The van der Waals surface area contributed by atoms with Gasteiger partial charge in [0.1, 0.15) is 5.60 Å². The van der Waals surface area contributed by atoms with Gasteiger partial charge in [0.25, 0.3) is 0 Å². The average Bonchev–Trinajstić information content (AvgIpc) is 2.97. The summed E-state index contributed by atoms with van der Waals surface area (Å²) in [5, 5.41) is 15.3. The molecule has 4 heteroatoms. The zero-order chi connectivity index (χ0) is 12.8. The van der Waals surface area contributed by atoms with Crippen LogP contribution in [0.25, 0.3) is 0 Å². The molecule has 1 aromatic heterocycles. The second-order valence-electron chi connectivity index (χ2n) is 5.93. The predicted octanol–water partition coefficient (Wildman–Crippen LogP) is 1.74. The number of β-amino-alcohol motifs (C(OH)–C–C–N with tert-alkyl or cyclic N) is 1. The SMILES string of the molecule is CCCn1nccc1C1(O)CC(C)N(C2CC2)C1. The molecule has 1 saturated heterocycles. The maximum atomic E-state index is 11.0. The molecule has 1 N–H and O–H groups in total. The molecule has 0 bridgehead atoms. The quantitative estimate of drug-likeness (QED) is 0.883. The van der Waals surface area contributed by atoms with Crippen LogP contribution in [0.3, 0.4) is 0 Å². The summed E-state index contributed by atoms with van der Waals surface area (Å²) < 4.78 is 1.98. The minimum absolute atomic E-state index is 0.479. The highest BCUT2D eigenvalue weighted by atomic mass is 16.3. The van der Waals surface area contributed by atoms with Gasteiger partial charge < -0.3 is 5.11 Å². The van der Waals surface area contributed by atoms with E-state index in [2.05, 4.69) is 23.8 Å². The lowest BCUT2D eigenvalue weighted by Crippen LogP contribution is -2.34. The molecule has 0 aromatic carbocycles. The van der Waals surface area contributed by atoms with E-state index in [4.69, 9.17) is 0 Å². The molecule has 2 unspecified atom stereocenters. The van der Waals surface area contributed by atoms with Gasteiger partial charge in [-0.2, -0.15) is 5.10 Å². The van der Waals surface area contributed by atoms with E-state index in [0.29, 0.717) is 6.04 Å². The fraction of sp³-hybridized carbons (Fsp3) is 0.786. The molecular formula is C14H23N3O. The Morgan fingerprint density at radius 2 is 2.28 bits per heavy atom. The van der Waals surface area contributed by atoms with Gasteiger partial charge in [0.2, 0.25) is 0 Å². The Labute approximate surface area is 109 Å². The van der Waals surface area contributed by atoms with Crippen molar-refractivity contribution in [2.24, 2.45) is 0 Å². The van der Waals surface area contributed by atoms with Gasteiger partial charge in [0, 0.05) is 31.4 Å². The van der Waals surface area contributed by atoms with Crippen LogP contribution in [-0.2, 0) is 12.1 Å². The number of aliphatic hydroxyl groups is 1. The number of aryl methyl sites for hydroxylation is 1. The number of hydrogen-bond donors (Lipinski definition) is 1. The van der Waals surface area contributed by atoms with Crippen LogP contribution in [0.2, 0.25) is 0 Å². The normalized spacial score (nSPS) is 33.2. The summed E-state index contributed by atoms with van der Waals surface area (Å²) in [5.41, 5.74) is 0.299. The van der Waals surface area contributed by atoms with Crippen molar-refractivity contribution in [3.63, 3.8) is 0 Å². The van der Waals surface area contributed by atoms with Gasteiger partial charge in [-0.25, -0.2) is 0 Å². The molecule has 2 aliphatic rings. The van der Waals surface area contributed by atoms with Crippen molar-refractivity contribution in [3.05, 3.63) is 18.0 Å². The van der Waals surface area contributed by atoms with Crippen molar-refractivity contribution in [2.75, 3.05) is 6.54 Å². The second kappa shape index (κ2) is 4.35. The van der Waals surface area contributed by atoms with Crippen molar-refractivity contribution in [1.29, 1.82) is 0 Å². The Bertz CT molecular complexity index is 426. The maximum Gasteiger partial charge on any atom is 0.120 e. The molecular weight excluding hydrogens is 226 g/mol. The fourth-order valence-electron chi connectivity index (χ4n) is 3.33. The monoisotopic (exact) mass is 249 g/mol. The van der Waals surface area contributed by atoms with Crippen molar-refractivity contribution >= 4 is 0 Å². The fourth-order valence-corrected chi connectivity index (χ4v) is 3.33. The molecule has 2 fully saturated rings. The minimum atomic E-state index is -0.701. The first-order valence-corrected chi connectivity index (χ1v) is 7.14. The summed E-state index contributed by atoms with van der Waals surface area (Å²) in [4.78, 5) is 2.48. The Hall–Kier alpha value is -0.870. The highest BCUT2D eigenvalue weighted by molar-refractivity contribution is 5.17. The van der Waals surface area contributed by atoms with Crippen LogP contribution in [0.15, 0.2) is 12.3 Å². The molecule has 100 valence electrons. The van der Waals surface area contributed by atoms with Crippen LogP contribution in [0.5, 0.6) is 0 Å². The van der Waals surface area contributed by atoms with E-state index < -0.39 is 5.60 Å². The minimum Gasteiger partial charge on any atom is -0.382 e. The van der Waals surface area contributed by atoms with Gasteiger partial charge in [-0.3, -0.25) is 9.58 Å². The summed E-state index contributed by atoms with van der Waals surface area (Å²) in [5.74, 6) is 0. The summed E-state index contributed by atoms with van der Waals surface area (Å²) in [7, 11) is 0. The number of aromatic nitrogens is 2. The molecule has 1 saturated carbocycles. The molecule has 0 amide bonds. The van der Waals surface area contributed by atoms with Crippen molar-refractivity contribution in [2.45, 2.75) is 63.8 Å². The lowest BCUT2D eigenvalue weighted by molar-refractivity contribution is 0.0359. The molecule has 0 radical (unpaired) electrons. The van der Waals surface area contributed by atoms with Crippen molar-refractivity contribution in [3.8, 4) is 0 Å². The van der Waals surface area contributed by atoms with E-state index >= 15 is 0 Å². The maximum absolute atomic E-state index is 11.0. The average molecular weight is 249 g/mol. The first kappa shape index (κ1) is 12.2. The van der Waals surface area contributed by atoms with E-state index in [1.807, 2.05) is 16.9 Å². The predicted molar refractivity (Wildman–Crippen MR) is 70.2 cm³/mol. The largest absolute Gasteiger partial charge is 0.382 e. The van der Waals surface area contributed by atoms with Gasteiger partial charge in [-0.1, -0.05) is 6.92 Å². The van der Waals surface area contributed by atoms with Gasteiger partial charge in [0.05, 0.1) is 5.69 Å². The third-order valence-electron chi connectivity index (χ3n) is 4.29. The molecule has 0 spiro atoms. The van der Waals surface area contributed by atoms with E-state index in [1.165, 1.54) is 12.8 Å². The number of rotatable bonds is 4. The third kappa shape index (κ3) is 1.97. The molecule has 1 aromatic rings. The van der Waals surface area contributed by atoms with Crippen molar-refractivity contribution in [1.82, 2.24) is 14.7 Å². The van der Waals surface area contributed by atoms with E-state index in [-0.39, 0.29) is 0 Å². The van der Waals surface area contributed by atoms with Gasteiger partial charge in [-0.15, -0.1) is 0 Å². The lowest BCUT2D eigenvalue weighted by Gasteiger charge is -2.24. The topological polar surface area (TPSA) is 41.3 Å². The van der Waals surface area contributed by atoms with Crippen LogP contribution in [0.4, 0.5) is 0 Å². The number of hydrogen-bond acceptors (Lipinski definition) is 3. The van der Waals surface area contributed by atoms with E-state index in [0.717, 1.165) is 37.7 Å².